The van der Waals surface area contributed by atoms with Gasteiger partial charge in [-0.2, -0.15) is 8.78 Å². The van der Waals surface area contributed by atoms with Crippen molar-refractivity contribution >= 4 is 5.96 Å². The lowest BCUT2D eigenvalue weighted by Gasteiger charge is -2.22. The van der Waals surface area contributed by atoms with Gasteiger partial charge in [0.25, 0.3) is 0 Å². The fourth-order valence-electron chi connectivity index (χ4n) is 2.27. The quantitative estimate of drug-likeness (QED) is 0.443. The SMILES string of the molecule is CN=C(NCCOc1cccnc1)N(C)Cc1ccc(OC(F)F)cc1. The van der Waals surface area contributed by atoms with Crippen LogP contribution < -0.4 is 14.8 Å². The maximum absolute atomic E-state index is 12.2. The van der Waals surface area contributed by atoms with Gasteiger partial charge in [0.2, 0.25) is 0 Å². The van der Waals surface area contributed by atoms with E-state index in [1.54, 1.807) is 31.6 Å². The summed E-state index contributed by atoms with van der Waals surface area (Å²) in [5.41, 5.74) is 0.948. The summed E-state index contributed by atoms with van der Waals surface area (Å²) in [6.45, 7) is -1.20. The number of benzene rings is 1. The van der Waals surface area contributed by atoms with E-state index in [2.05, 4.69) is 20.0 Å². The van der Waals surface area contributed by atoms with Crippen LogP contribution in [0.2, 0.25) is 0 Å². The number of hydrogen-bond acceptors (Lipinski definition) is 4. The molecule has 1 heterocycles. The normalized spacial score (nSPS) is 11.3. The second-order valence-electron chi connectivity index (χ2n) is 5.39. The molecule has 0 saturated heterocycles. The first-order chi connectivity index (χ1) is 12.6. The van der Waals surface area contributed by atoms with Gasteiger partial charge in [-0.05, 0) is 29.8 Å². The zero-order valence-electron chi connectivity index (χ0n) is 14.7. The number of ether oxygens (including phenoxy) is 2. The maximum Gasteiger partial charge on any atom is 0.387 e. The molecule has 0 bridgehead atoms. The lowest BCUT2D eigenvalue weighted by molar-refractivity contribution is -0.0498. The van der Waals surface area contributed by atoms with Crippen molar-refractivity contribution in [2.75, 3.05) is 27.2 Å². The Hall–Kier alpha value is -2.90. The number of alkyl halides is 2. The van der Waals surface area contributed by atoms with E-state index in [0.717, 1.165) is 5.56 Å². The minimum atomic E-state index is -2.82. The van der Waals surface area contributed by atoms with Gasteiger partial charge >= 0.3 is 6.61 Å². The van der Waals surface area contributed by atoms with Crippen molar-refractivity contribution in [3.63, 3.8) is 0 Å². The Bertz CT molecular complexity index is 681. The topological polar surface area (TPSA) is 59.0 Å². The molecule has 0 atom stereocenters. The highest BCUT2D eigenvalue weighted by Crippen LogP contribution is 2.15. The highest BCUT2D eigenvalue weighted by Gasteiger charge is 2.08. The molecule has 6 nitrogen and oxygen atoms in total. The Kier molecular flexibility index (Phi) is 7.60. The van der Waals surface area contributed by atoms with E-state index < -0.39 is 6.61 Å². The second-order valence-corrected chi connectivity index (χ2v) is 5.39. The molecule has 140 valence electrons. The molecule has 0 unspecified atom stereocenters. The highest BCUT2D eigenvalue weighted by atomic mass is 19.3. The first-order valence-electron chi connectivity index (χ1n) is 8.07. The van der Waals surface area contributed by atoms with Crippen molar-refractivity contribution in [3.8, 4) is 11.5 Å². The number of halogens is 2. The molecule has 2 rings (SSSR count). The highest BCUT2D eigenvalue weighted by molar-refractivity contribution is 5.79. The first kappa shape index (κ1) is 19.4. The van der Waals surface area contributed by atoms with E-state index in [9.17, 15) is 8.78 Å². The lowest BCUT2D eigenvalue weighted by Crippen LogP contribution is -2.40. The number of rotatable bonds is 8. The van der Waals surface area contributed by atoms with E-state index in [1.807, 2.05) is 24.1 Å². The third kappa shape index (κ3) is 6.54. The molecule has 0 radical (unpaired) electrons. The number of pyridine rings is 1. The van der Waals surface area contributed by atoms with Crippen LogP contribution in [0, 0.1) is 0 Å². The van der Waals surface area contributed by atoms with Crippen LogP contribution in [0.1, 0.15) is 5.56 Å². The second kappa shape index (κ2) is 10.2. The van der Waals surface area contributed by atoms with Crippen LogP contribution in [-0.4, -0.2) is 49.7 Å². The maximum atomic E-state index is 12.2. The van der Waals surface area contributed by atoms with Gasteiger partial charge in [-0.25, -0.2) is 0 Å². The number of aliphatic imine (C=N–C) groups is 1. The Balaban J connectivity index is 1.78. The molecule has 1 aromatic carbocycles. The van der Waals surface area contributed by atoms with Crippen LogP contribution in [0.3, 0.4) is 0 Å². The van der Waals surface area contributed by atoms with Gasteiger partial charge in [0.15, 0.2) is 5.96 Å². The van der Waals surface area contributed by atoms with E-state index in [1.165, 1.54) is 12.1 Å². The molecule has 0 aliphatic heterocycles. The summed E-state index contributed by atoms with van der Waals surface area (Å²) >= 11 is 0. The number of hydrogen-bond donors (Lipinski definition) is 1. The molecule has 0 aliphatic rings. The van der Waals surface area contributed by atoms with Crippen molar-refractivity contribution in [2.45, 2.75) is 13.2 Å². The van der Waals surface area contributed by atoms with Crippen LogP contribution in [-0.2, 0) is 6.54 Å². The molecule has 1 N–H and O–H groups in total. The summed E-state index contributed by atoms with van der Waals surface area (Å²) in [7, 11) is 3.58. The largest absolute Gasteiger partial charge is 0.490 e. The van der Waals surface area contributed by atoms with Crippen LogP contribution in [0.25, 0.3) is 0 Å². The summed E-state index contributed by atoms with van der Waals surface area (Å²) in [5.74, 6) is 1.55. The standard InChI is InChI=1S/C18H22F2N4O2/c1-21-18(23-10-11-25-16-4-3-9-22-12-16)24(2)13-14-5-7-15(8-6-14)26-17(19)20/h3-9,12,17H,10-11,13H2,1-2H3,(H,21,23). The zero-order chi connectivity index (χ0) is 18.8. The first-order valence-corrected chi connectivity index (χ1v) is 8.07. The minimum absolute atomic E-state index is 0.140. The molecule has 26 heavy (non-hydrogen) atoms. The van der Waals surface area contributed by atoms with E-state index >= 15 is 0 Å². The summed E-state index contributed by atoms with van der Waals surface area (Å²) in [5, 5.41) is 3.20. The molecule has 2 aromatic rings. The van der Waals surface area contributed by atoms with Crippen molar-refractivity contribution in [1.82, 2.24) is 15.2 Å². The molecular weight excluding hydrogens is 342 g/mol. The molecule has 0 amide bonds. The Morgan fingerprint density at radius 3 is 2.62 bits per heavy atom. The average Bonchev–Trinajstić information content (AvgIpc) is 2.64. The minimum Gasteiger partial charge on any atom is -0.490 e. The van der Waals surface area contributed by atoms with Crippen molar-refractivity contribution in [2.24, 2.45) is 4.99 Å². The predicted molar refractivity (Wildman–Crippen MR) is 95.6 cm³/mol. The summed E-state index contributed by atoms with van der Waals surface area (Å²) in [4.78, 5) is 10.1. The number of nitrogens with one attached hydrogen (secondary N) is 1. The third-order valence-corrected chi connectivity index (χ3v) is 3.43. The predicted octanol–water partition coefficient (Wildman–Crippen LogP) is 2.77. The molecule has 0 saturated carbocycles. The smallest absolute Gasteiger partial charge is 0.387 e. The third-order valence-electron chi connectivity index (χ3n) is 3.43. The van der Waals surface area contributed by atoms with Gasteiger partial charge in [0, 0.05) is 26.8 Å². The Morgan fingerprint density at radius 1 is 1.23 bits per heavy atom. The van der Waals surface area contributed by atoms with Crippen molar-refractivity contribution in [3.05, 3.63) is 54.4 Å². The molecule has 1 aromatic heterocycles. The average molecular weight is 364 g/mol. The Labute approximate surface area is 151 Å². The number of nitrogens with zero attached hydrogens (tertiary/aromatic N) is 3. The molecule has 0 aliphatic carbocycles. The summed E-state index contributed by atoms with van der Waals surface area (Å²) < 4.78 is 34.3. The van der Waals surface area contributed by atoms with Crippen molar-refractivity contribution < 1.29 is 18.3 Å². The molecule has 8 heteroatoms. The zero-order valence-corrected chi connectivity index (χ0v) is 14.7. The van der Waals surface area contributed by atoms with Crippen LogP contribution >= 0.6 is 0 Å². The van der Waals surface area contributed by atoms with E-state index in [0.29, 0.717) is 31.4 Å². The van der Waals surface area contributed by atoms with Gasteiger partial charge in [0.1, 0.15) is 18.1 Å². The number of aromatic nitrogens is 1. The lowest BCUT2D eigenvalue weighted by atomic mass is 10.2. The van der Waals surface area contributed by atoms with Crippen LogP contribution in [0.5, 0.6) is 11.5 Å². The molecular formula is C18H22F2N4O2. The molecule has 0 spiro atoms. The number of guanidine groups is 1. The van der Waals surface area contributed by atoms with E-state index in [4.69, 9.17) is 4.74 Å². The van der Waals surface area contributed by atoms with Gasteiger partial charge in [-0.1, -0.05) is 12.1 Å². The van der Waals surface area contributed by atoms with Gasteiger partial charge in [-0.15, -0.1) is 0 Å². The van der Waals surface area contributed by atoms with Gasteiger partial charge < -0.3 is 19.7 Å². The van der Waals surface area contributed by atoms with Crippen molar-refractivity contribution in [1.29, 1.82) is 0 Å². The summed E-state index contributed by atoms with van der Waals surface area (Å²) in [6.07, 6.45) is 3.34. The monoisotopic (exact) mass is 364 g/mol. The van der Waals surface area contributed by atoms with Gasteiger partial charge in [-0.3, -0.25) is 9.98 Å². The molecule has 0 fully saturated rings. The fraction of sp³-hybridized carbons (Fsp3) is 0.333. The van der Waals surface area contributed by atoms with E-state index in [-0.39, 0.29) is 5.75 Å². The fourth-order valence-corrected chi connectivity index (χ4v) is 2.27. The Morgan fingerprint density at radius 2 is 2.00 bits per heavy atom. The van der Waals surface area contributed by atoms with Crippen LogP contribution in [0.4, 0.5) is 8.78 Å². The summed E-state index contributed by atoms with van der Waals surface area (Å²) in [6, 6.07) is 10.2. The van der Waals surface area contributed by atoms with Crippen LogP contribution in [0.15, 0.2) is 53.8 Å². The van der Waals surface area contributed by atoms with Gasteiger partial charge in [0.05, 0.1) is 12.7 Å².